The average molecular weight is 457 g/mol. The summed E-state index contributed by atoms with van der Waals surface area (Å²) in [5.74, 6) is -0.942. The van der Waals surface area contributed by atoms with Crippen LogP contribution in [0.2, 0.25) is 0 Å². The fraction of sp³-hybridized carbons (Fsp3) is 0.190. The molecule has 31 heavy (non-hydrogen) atoms. The highest BCUT2D eigenvalue weighted by Crippen LogP contribution is 2.28. The van der Waals surface area contributed by atoms with E-state index >= 15 is 0 Å². The largest absolute Gasteiger partial charge is 0.343 e. The van der Waals surface area contributed by atoms with Gasteiger partial charge in [0, 0.05) is 29.7 Å². The van der Waals surface area contributed by atoms with Crippen LogP contribution in [0, 0.1) is 0 Å². The molecule has 0 atom stereocenters. The number of carbonyl (C=O) groups is 2. The third kappa shape index (κ3) is 4.82. The number of benzene rings is 1. The molecule has 3 heterocycles. The van der Waals surface area contributed by atoms with Crippen molar-refractivity contribution >= 4 is 38.9 Å². The molecule has 2 amide bonds. The maximum absolute atomic E-state index is 13.1. The van der Waals surface area contributed by atoms with Gasteiger partial charge >= 0.3 is 0 Å². The zero-order valence-electron chi connectivity index (χ0n) is 16.4. The number of sulfonamides is 1. The van der Waals surface area contributed by atoms with E-state index in [-0.39, 0.29) is 17.0 Å². The van der Waals surface area contributed by atoms with E-state index in [1.165, 1.54) is 39.6 Å². The predicted molar refractivity (Wildman–Crippen MR) is 117 cm³/mol. The molecule has 1 aliphatic rings. The third-order valence-electron chi connectivity index (χ3n) is 4.86. The zero-order chi connectivity index (χ0) is 21.8. The second-order valence-electron chi connectivity index (χ2n) is 6.96. The molecule has 10 heteroatoms. The number of pyridine rings is 1. The molecule has 4 rings (SSSR count). The first-order valence-corrected chi connectivity index (χ1v) is 11.9. The molecule has 1 aromatic carbocycles. The highest BCUT2D eigenvalue weighted by Gasteiger charge is 2.29. The second kappa shape index (κ2) is 8.96. The van der Waals surface area contributed by atoms with Crippen LogP contribution in [-0.2, 0) is 27.8 Å². The predicted octanol–water partition coefficient (Wildman–Crippen LogP) is 2.26. The Morgan fingerprint density at radius 2 is 2.03 bits per heavy atom. The average Bonchev–Trinajstić information content (AvgIpc) is 3.26. The Labute approximate surface area is 184 Å². The van der Waals surface area contributed by atoms with Gasteiger partial charge in [-0.1, -0.05) is 6.07 Å². The molecule has 0 saturated carbocycles. The summed E-state index contributed by atoms with van der Waals surface area (Å²) in [6, 6.07) is 11.2. The number of rotatable bonds is 6. The Morgan fingerprint density at radius 3 is 2.84 bits per heavy atom. The molecule has 0 fully saturated rings. The van der Waals surface area contributed by atoms with Crippen LogP contribution in [0.15, 0.2) is 65.1 Å². The van der Waals surface area contributed by atoms with Crippen molar-refractivity contribution in [2.45, 2.75) is 17.9 Å². The second-order valence-corrected chi connectivity index (χ2v) is 9.90. The fourth-order valence-electron chi connectivity index (χ4n) is 3.28. The van der Waals surface area contributed by atoms with Crippen LogP contribution in [0.25, 0.3) is 0 Å². The van der Waals surface area contributed by atoms with Crippen LogP contribution in [0.5, 0.6) is 0 Å². The number of nitrogens with zero attached hydrogens (tertiary/aromatic N) is 2. The van der Waals surface area contributed by atoms with Crippen molar-refractivity contribution in [3.05, 3.63) is 76.2 Å². The molecule has 3 aromatic rings. The number of nitrogens with one attached hydrogen (secondary N) is 2. The van der Waals surface area contributed by atoms with Gasteiger partial charge in [0.1, 0.15) is 0 Å². The Kier molecular flexibility index (Phi) is 6.12. The van der Waals surface area contributed by atoms with Crippen molar-refractivity contribution in [3.63, 3.8) is 0 Å². The molecule has 160 valence electrons. The highest BCUT2D eigenvalue weighted by molar-refractivity contribution is 7.89. The minimum absolute atomic E-state index is 0.0543. The summed E-state index contributed by atoms with van der Waals surface area (Å²) in [5, 5.41) is 7.09. The van der Waals surface area contributed by atoms with Crippen molar-refractivity contribution < 1.29 is 18.0 Å². The first-order valence-electron chi connectivity index (χ1n) is 9.57. The van der Waals surface area contributed by atoms with E-state index in [9.17, 15) is 18.0 Å². The molecule has 1 aliphatic heterocycles. The van der Waals surface area contributed by atoms with E-state index < -0.39 is 21.8 Å². The lowest BCUT2D eigenvalue weighted by Crippen LogP contribution is -2.35. The molecule has 0 bridgehead atoms. The van der Waals surface area contributed by atoms with Gasteiger partial charge in [-0.15, -0.1) is 11.3 Å². The monoisotopic (exact) mass is 456 g/mol. The van der Waals surface area contributed by atoms with E-state index in [1.54, 1.807) is 29.7 Å². The van der Waals surface area contributed by atoms with Crippen molar-refractivity contribution in [1.29, 1.82) is 0 Å². The fourth-order valence-corrected chi connectivity index (χ4v) is 5.63. The number of thiophene rings is 1. The summed E-state index contributed by atoms with van der Waals surface area (Å²) in [5.41, 5.74) is 1.71. The lowest BCUT2D eigenvalue weighted by atomic mass is 10.1. The molecular weight excluding hydrogens is 436 g/mol. The normalized spacial score (nSPS) is 13.9. The molecule has 2 aromatic heterocycles. The van der Waals surface area contributed by atoms with Crippen molar-refractivity contribution in [2.24, 2.45) is 0 Å². The molecule has 0 radical (unpaired) electrons. The van der Waals surface area contributed by atoms with E-state index in [2.05, 4.69) is 15.6 Å². The molecule has 0 spiro atoms. The number of aromatic nitrogens is 1. The van der Waals surface area contributed by atoms with Crippen molar-refractivity contribution in [3.8, 4) is 0 Å². The molecule has 0 saturated heterocycles. The van der Waals surface area contributed by atoms with Gasteiger partial charge in [0.15, 0.2) is 0 Å². The van der Waals surface area contributed by atoms with Crippen LogP contribution in [0.1, 0.15) is 20.8 Å². The minimum Gasteiger partial charge on any atom is -0.343 e. The van der Waals surface area contributed by atoms with Gasteiger partial charge in [-0.2, -0.15) is 4.31 Å². The Hall–Kier alpha value is -3.08. The number of fused-ring (bicyclic) bond motifs is 1. The maximum Gasteiger partial charge on any atom is 0.251 e. The van der Waals surface area contributed by atoms with Gasteiger partial charge in [-0.05, 0) is 53.8 Å². The summed E-state index contributed by atoms with van der Waals surface area (Å²) in [4.78, 5) is 29.6. The van der Waals surface area contributed by atoms with E-state index in [1.807, 2.05) is 11.4 Å². The quantitative estimate of drug-likeness (QED) is 0.592. The van der Waals surface area contributed by atoms with Gasteiger partial charge in [0.05, 0.1) is 23.3 Å². The summed E-state index contributed by atoms with van der Waals surface area (Å²) >= 11 is 1.64. The summed E-state index contributed by atoms with van der Waals surface area (Å²) < 4.78 is 27.6. The number of amides is 2. The maximum atomic E-state index is 13.1. The molecule has 2 N–H and O–H groups in total. The first kappa shape index (κ1) is 21.2. The first-order chi connectivity index (χ1) is 14.9. The van der Waals surface area contributed by atoms with Crippen molar-refractivity contribution in [2.75, 3.05) is 18.4 Å². The summed E-state index contributed by atoms with van der Waals surface area (Å²) in [6.45, 7) is 0.477. The Balaban J connectivity index is 1.41. The highest BCUT2D eigenvalue weighted by atomic mass is 32.2. The standard InChI is InChI=1S/C21H20N4O4S2/c26-20(24-17-4-2-8-22-12-17)13-23-21(27)15-3-1-5-18(11-15)31(28,29)25-9-6-19-16(14-25)7-10-30-19/h1-5,7-8,10-12H,6,9,13-14H2,(H,23,27)(H,24,26). The van der Waals surface area contributed by atoms with Crippen molar-refractivity contribution in [1.82, 2.24) is 14.6 Å². The number of anilines is 1. The van der Waals surface area contributed by atoms with Crippen LogP contribution >= 0.6 is 11.3 Å². The van der Waals surface area contributed by atoms with Gasteiger partial charge < -0.3 is 10.6 Å². The number of hydrogen-bond donors (Lipinski definition) is 2. The Morgan fingerprint density at radius 1 is 1.16 bits per heavy atom. The third-order valence-corrected chi connectivity index (χ3v) is 7.73. The zero-order valence-corrected chi connectivity index (χ0v) is 18.1. The minimum atomic E-state index is -3.74. The molecule has 8 nitrogen and oxygen atoms in total. The lowest BCUT2D eigenvalue weighted by Gasteiger charge is -2.26. The smallest absolute Gasteiger partial charge is 0.251 e. The van der Waals surface area contributed by atoms with E-state index in [0.29, 0.717) is 25.2 Å². The van der Waals surface area contributed by atoms with Gasteiger partial charge in [0.25, 0.3) is 5.91 Å². The van der Waals surface area contributed by atoms with Crippen LogP contribution < -0.4 is 10.6 Å². The number of hydrogen-bond acceptors (Lipinski definition) is 6. The molecule has 0 aliphatic carbocycles. The number of carbonyl (C=O) groups excluding carboxylic acids is 2. The van der Waals surface area contributed by atoms with Gasteiger partial charge in [0.2, 0.25) is 15.9 Å². The van der Waals surface area contributed by atoms with Crippen LogP contribution in [-0.4, -0.2) is 42.6 Å². The van der Waals surface area contributed by atoms with Crippen LogP contribution in [0.3, 0.4) is 0 Å². The van der Waals surface area contributed by atoms with Gasteiger partial charge in [-0.3, -0.25) is 14.6 Å². The Bertz CT molecular complexity index is 1210. The lowest BCUT2D eigenvalue weighted by molar-refractivity contribution is -0.115. The molecular formula is C21H20N4O4S2. The summed E-state index contributed by atoms with van der Waals surface area (Å²) in [6.07, 6.45) is 3.76. The summed E-state index contributed by atoms with van der Waals surface area (Å²) in [7, 11) is -3.74. The van der Waals surface area contributed by atoms with Gasteiger partial charge in [-0.25, -0.2) is 8.42 Å². The topological polar surface area (TPSA) is 108 Å². The van der Waals surface area contributed by atoms with E-state index in [0.717, 1.165) is 5.56 Å². The SMILES string of the molecule is O=C(CNC(=O)c1cccc(S(=O)(=O)N2CCc3sccc3C2)c1)Nc1cccnc1. The molecule has 0 unspecified atom stereocenters. The van der Waals surface area contributed by atoms with E-state index in [4.69, 9.17) is 0 Å². The van der Waals surface area contributed by atoms with Crippen LogP contribution in [0.4, 0.5) is 5.69 Å².